The maximum Gasteiger partial charge on any atom is 0.0847 e. The van der Waals surface area contributed by atoms with Gasteiger partial charge in [-0.2, -0.15) is 5.10 Å². The van der Waals surface area contributed by atoms with E-state index in [1.54, 1.807) is 0 Å². The summed E-state index contributed by atoms with van der Waals surface area (Å²) in [5.74, 6) is 0. The molecule has 0 aliphatic carbocycles. The van der Waals surface area contributed by atoms with Crippen molar-refractivity contribution < 1.29 is 4.74 Å². The lowest BCUT2D eigenvalue weighted by molar-refractivity contribution is 0.0183. The fourth-order valence-electron chi connectivity index (χ4n) is 2.48. The SMILES string of the molecule is Cc1nn(C)c(CC2(CN)CCOCC2)c1Cl. The third-order valence-corrected chi connectivity index (χ3v) is 4.28. The van der Waals surface area contributed by atoms with Crippen LogP contribution in [0.3, 0.4) is 0 Å². The van der Waals surface area contributed by atoms with E-state index < -0.39 is 0 Å². The van der Waals surface area contributed by atoms with Crippen LogP contribution in [0, 0.1) is 12.3 Å². The molecule has 2 rings (SSSR count). The van der Waals surface area contributed by atoms with Crippen molar-refractivity contribution in [1.29, 1.82) is 0 Å². The lowest BCUT2D eigenvalue weighted by atomic mass is 9.76. The van der Waals surface area contributed by atoms with Gasteiger partial charge in [-0.05, 0) is 38.1 Å². The molecule has 2 N–H and O–H groups in total. The second kappa shape index (κ2) is 4.96. The second-order valence-electron chi connectivity index (χ2n) is 4.96. The molecule has 1 fully saturated rings. The summed E-state index contributed by atoms with van der Waals surface area (Å²) in [5, 5.41) is 5.14. The van der Waals surface area contributed by atoms with Gasteiger partial charge in [0, 0.05) is 20.3 Å². The first-order valence-electron chi connectivity index (χ1n) is 6.04. The molecular formula is C12H20ClN3O. The van der Waals surface area contributed by atoms with E-state index in [1.165, 1.54) is 0 Å². The van der Waals surface area contributed by atoms with E-state index in [9.17, 15) is 0 Å². The van der Waals surface area contributed by atoms with Gasteiger partial charge in [0.25, 0.3) is 0 Å². The highest BCUT2D eigenvalue weighted by Crippen LogP contribution is 2.35. The summed E-state index contributed by atoms with van der Waals surface area (Å²) in [4.78, 5) is 0. The molecule has 1 aromatic rings. The summed E-state index contributed by atoms with van der Waals surface area (Å²) in [6.07, 6.45) is 2.90. The molecule has 5 heteroatoms. The molecule has 2 heterocycles. The molecule has 17 heavy (non-hydrogen) atoms. The summed E-state index contributed by atoms with van der Waals surface area (Å²) < 4.78 is 7.30. The molecule has 0 saturated carbocycles. The number of halogens is 1. The Morgan fingerprint density at radius 1 is 1.47 bits per heavy atom. The van der Waals surface area contributed by atoms with Crippen molar-refractivity contribution in [1.82, 2.24) is 9.78 Å². The van der Waals surface area contributed by atoms with Gasteiger partial charge >= 0.3 is 0 Å². The Balaban J connectivity index is 2.23. The Morgan fingerprint density at radius 3 is 2.59 bits per heavy atom. The van der Waals surface area contributed by atoms with Crippen LogP contribution in [0.25, 0.3) is 0 Å². The van der Waals surface area contributed by atoms with E-state index >= 15 is 0 Å². The Labute approximate surface area is 107 Å². The molecule has 0 spiro atoms. The first-order valence-corrected chi connectivity index (χ1v) is 6.41. The van der Waals surface area contributed by atoms with Crippen LogP contribution in [0.5, 0.6) is 0 Å². The van der Waals surface area contributed by atoms with E-state index in [2.05, 4.69) is 5.10 Å². The molecule has 1 aliphatic rings. The predicted octanol–water partition coefficient (Wildman–Crippen LogP) is 1.68. The zero-order valence-electron chi connectivity index (χ0n) is 10.5. The Kier molecular flexibility index (Phi) is 3.76. The van der Waals surface area contributed by atoms with Crippen molar-refractivity contribution in [3.8, 4) is 0 Å². The van der Waals surface area contributed by atoms with Gasteiger partial charge in [-0.15, -0.1) is 0 Å². The summed E-state index contributed by atoms with van der Waals surface area (Å²) in [6, 6.07) is 0. The van der Waals surface area contributed by atoms with E-state index in [4.69, 9.17) is 22.1 Å². The van der Waals surface area contributed by atoms with E-state index in [-0.39, 0.29) is 5.41 Å². The standard InChI is InChI=1S/C12H20ClN3O/c1-9-11(13)10(16(2)15-9)7-12(8-14)3-5-17-6-4-12/h3-8,14H2,1-2H3. The number of hydrogen-bond donors (Lipinski definition) is 1. The normalized spacial score (nSPS) is 19.5. The van der Waals surface area contributed by atoms with Crippen molar-refractivity contribution in [3.63, 3.8) is 0 Å². The first-order chi connectivity index (χ1) is 8.08. The fraction of sp³-hybridized carbons (Fsp3) is 0.750. The van der Waals surface area contributed by atoms with E-state index in [0.29, 0.717) is 6.54 Å². The van der Waals surface area contributed by atoms with Crippen LogP contribution in [-0.4, -0.2) is 29.5 Å². The molecule has 1 saturated heterocycles. The average Bonchev–Trinajstić information content (AvgIpc) is 2.57. The van der Waals surface area contributed by atoms with Crippen LogP contribution >= 0.6 is 11.6 Å². The third kappa shape index (κ3) is 2.49. The van der Waals surface area contributed by atoms with Crippen molar-refractivity contribution in [2.24, 2.45) is 18.2 Å². The lowest BCUT2D eigenvalue weighted by Gasteiger charge is -2.36. The summed E-state index contributed by atoms with van der Waals surface area (Å²) >= 11 is 6.30. The fourth-order valence-corrected chi connectivity index (χ4v) is 2.71. The van der Waals surface area contributed by atoms with Crippen molar-refractivity contribution in [2.45, 2.75) is 26.2 Å². The molecule has 0 aromatic carbocycles. The summed E-state index contributed by atoms with van der Waals surface area (Å²) in [5.41, 5.74) is 8.08. The minimum atomic E-state index is 0.127. The minimum Gasteiger partial charge on any atom is -0.381 e. The Hall–Kier alpha value is -0.580. The van der Waals surface area contributed by atoms with Gasteiger partial charge in [0.15, 0.2) is 0 Å². The quantitative estimate of drug-likeness (QED) is 0.896. The zero-order chi connectivity index (χ0) is 12.5. The molecule has 4 nitrogen and oxygen atoms in total. The highest BCUT2D eigenvalue weighted by molar-refractivity contribution is 6.31. The number of nitrogens with zero attached hydrogens (tertiary/aromatic N) is 2. The second-order valence-corrected chi connectivity index (χ2v) is 5.34. The van der Waals surface area contributed by atoms with Crippen molar-refractivity contribution in [2.75, 3.05) is 19.8 Å². The molecule has 1 aromatic heterocycles. The highest BCUT2D eigenvalue weighted by atomic mass is 35.5. The van der Waals surface area contributed by atoms with Crippen LogP contribution in [0.2, 0.25) is 5.02 Å². The summed E-state index contributed by atoms with van der Waals surface area (Å²) in [6.45, 7) is 4.21. The van der Waals surface area contributed by atoms with Crippen LogP contribution < -0.4 is 5.73 Å². The van der Waals surface area contributed by atoms with Gasteiger partial charge in [0.05, 0.1) is 16.4 Å². The number of ether oxygens (including phenoxy) is 1. The van der Waals surface area contributed by atoms with Gasteiger partial charge in [0.2, 0.25) is 0 Å². The van der Waals surface area contributed by atoms with Gasteiger partial charge < -0.3 is 10.5 Å². The number of aryl methyl sites for hydroxylation is 2. The van der Waals surface area contributed by atoms with Crippen LogP contribution in [0.1, 0.15) is 24.2 Å². The molecule has 96 valence electrons. The predicted molar refractivity (Wildman–Crippen MR) is 68.2 cm³/mol. The van der Waals surface area contributed by atoms with Crippen LogP contribution in [0.4, 0.5) is 0 Å². The molecule has 1 aliphatic heterocycles. The van der Waals surface area contributed by atoms with E-state index in [0.717, 1.165) is 48.9 Å². The maximum atomic E-state index is 6.30. The van der Waals surface area contributed by atoms with E-state index in [1.807, 2.05) is 18.7 Å². The molecule has 0 amide bonds. The highest BCUT2D eigenvalue weighted by Gasteiger charge is 2.33. The number of rotatable bonds is 3. The summed E-state index contributed by atoms with van der Waals surface area (Å²) in [7, 11) is 1.94. The molecule has 0 bridgehead atoms. The number of aromatic nitrogens is 2. The van der Waals surface area contributed by atoms with Crippen LogP contribution in [-0.2, 0) is 18.2 Å². The third-order valence-electron chi connectivity index (χ3n) is 3.79. The molecule has 0 radical (unpaired) electrons. The number of hydrogen-bond acceptors (Lipinski definition) is 3. The monoisotopic (exact) mass is 257 g/mol. The zero-order valence-corrected chi connectivity index (χ0v) is 11.3. The first kappa shape index (κ1) is 12.9. The Bertz CT molecular complexity index is 397. The Morgan fingerprint density at radius 2 is 2.12 bits per heavy atom. The lowest BCUT2D eigenvalue weighted by Crippen LogP contribution is -2.39. The minimum absolute atomic E-state index is 0.127. The van der Waals surface area contributed by atoms with Crippen LogP contribution in [0.15, 0.2) is 0 Å². The van der Waals surface area contributed by atoms with Gasteiger partial charge in [-0.1, -0.05) is 11.6 Å². The smallest absolute Gasteiger partial charge is 0.0847 e. The van der Waals surface area contributed by atoms with Gasteiger partial charge in [-0.3, -0.25) is 4.68 Å². The molecular weight excluding hydrogens is 238 g/mol. The molecule has 0 unspecified atom stereocenters. The molecule has 0 atom stereocenters. The largest absolute Gasteiger partial charge is 0.381 e. The van der Waals surface area contributed by atoms with Crippen molar-refractivity contribution >= 4 is 11.6 Å². The average molecular weight is 258 g/mol. The number of nitrogens with two attached hydrogens (primary N) is 1. The maximum absolute atomic E-state index is 6.30. The topological polar surface area (TPSA) is 53.1 Å². The van der Waals surface area contributed by atoms with Gasteiger partial charge in [-0.25, -0.2) is 0 Å². The van der Waals surface area contributed by atoms with Crippen molar-refractivity contribution in [3.05, 3.63) is 16.4 Å². The van der Waals surface area contributed by atoms with Gasteiger partial charge in [0.1, 0.15) is 0 Å².